The molecule has 9 heteroatoms. The van der Waals surface area contributed by atoms with E-state index >= 15 is 0 Å². The SMILES string of the molecule is COc1ccc([N+](=O)[O-])cc1NC(=O)/C(C#N)=C/c1ccc(Cl)c(Cl)c1. The molecule has 0 atom stereocenters. The summed E-state index contributed by atoms with van der Waals surface area (Å²) in [7, 11) is 1.35. The quantitative estimate of drug-likeness (QED) is 0.350. The number of non-ortho nitro benzene ring substituents is 1. The second-order valence-corrected chi connectivity index (χ2v) is 5.75. The number of nitriles is 1. The normalized spacial score (nSPS) is 10.8. The predicted molar refractivity (Wildman–Crippen MR) is 98.3 cm³/mol. The summed E-state index contributed by atoms with van der Waals surface area (Å²) >= 11 is 11.7. The fourth-order valence-corrected chi connectivity index (χ4v) is 2.32. The van der Waals surface area contributed by atoms with Gasteiger partial charge < -0.3 is 10.1 Å². The number of anilines is 1. The lowest BCUT2D eigenvalue weighted by atomic mass is 10.1. The first-order valence-corrected chi connectivity index (χ1v) is 7.82. The van der Waals surface area contributed by atoms with Crippen LogP contribution in [0.1, 0.15) is 5.56 Å². The molecule has 1 N–H and O–H groups in total. The van der Waals surface area contributed by atoms with E-state index in [1.165, 1.54) is 37.5 Å². The molecule has 2 aromatic carbocycles. The molecule has 0 radical (unpaired) electrons. The van der Waals surface area contributed by atoms with Crippen molar-refractivity contribution in [1.82, 2.24) is 0 Å². The number of carbonyl (C=O) groups excluding carboxylic acids is 1. The lowest BCUT2D eigenvalue weighted by molar-refractivity contribution is -0.384. The van der Waals surface area contributed by atoms with Gasteiger partial charge in [-0.3, -0.25) is 14.9 Å². The number of nitrogens with zero attached hydrogens (tertiary/aromatic N) is 2. The Balaban J connectivity index is 2.33. The maximum absolute atomic E-state index is 12.4. The Kier molecular flexibility index (Phi) is 6.17. The van der Waals surface area contributed by atoms with E-state index in [-0.39, 0.29) is 27.7 Å². The summed E-state index contributed by atoms with van der Waals surface area (Å²) < 4.78 is 5.07. The fraction of sp³-hybridized carbons (Fsp3) is 0.0588. The monoisotopic (exact) mass is 391 g/mol. The Bertz CT molecular complexity index is 952. The fourth-order valence-electron chi connectivity index (χ4n) is 2.01. The number of halogens is 2. The van der Waals surface area contributed by atoms with Gasteiger partial charge in [-0.05, 0) is 29.8 Å². The molecule has 0 aliphatic heterocycles. The standard InChI is InChI=1S/C17H11Cl2N3O4/c1-26-16-5-3-12(22(24)25)8-15(16)21-17(23)11(9-20)6-10-2-4-13(18)14(19)7-10/h2-8H,1H3,(H,21,23)/b11-6+. The summed E-state index contributed by atoms with van der Waals surface area (Å²) in [6.07, 6.45) is 1.32. The first-order valence-electron chi connectivity index (χ1n) is 7.06. The summed E-state index contributed by atoms with van der Waals surface area (Å²) in [6, 6.07) is 10.1. The van der Waals surface area contributed by atoms with Gasteiger partial charge in [0.25, 0.3) is 11.6 Å². The van der Waals surface area contributed by atoms with Crippen LogP contribution in [-0.4, -0.2) is 17.9 Å². The highest BCUT2D eigenvalue weighted by Gasteiger charge is 2.16. The molecule has 132 valence electrons. The van der Waals surface area contributed by atoms with Gasteiger partial charge in [0.05, 0.1) is 27.8 Å². The zero-order valence-electron chi connectivity index (χ0n) is 13.3. The molecule has 0 bridgehead atoms. The highest BCUT2D eigenvalue weighted by atomic mass is 35.5. The lowest BCUT2D eigenvalue weighted by Crippen LogP contribution is -2.14. The largest absolute Gasteiger partial charge is 0.495 e. The molecule has 0 heterocycles. The van der Waals surface area contributed by atoms with Gasteiger partial charge in [-0.15, -0.1) is 0 Å². The molecule has 26 heavy (non-hydrogen) atoms. The van der Waals surface area contributed by atoms with Gasteiger partial charge >= 0.3 is 0 Å². The second-order valence-electron chi connectivity index (χ2n) is 4.94. The van der Waals surface area contributed by atoms with E-state index in [0.717, 1.165) is 6.07 Å². The molecular formula is C17H11Cl2N3O4. The number of hydrogen-bond donors (Lipinski definition) is 1. The predicted octanol–water partition coefficient (Wildman–Crippen LogP) is 4.46. The van der Waals surface area contributed by atoms with Crippen LogP contribution in [0.3, 0.4) is 0 Å². The van der Waals surface area contributed by atoms with Crippen LogP contribution in [0.2, 0.25) is 10.0 Å². The number of nitrogens with one attached hydrogen (secondary N) is 1. The summed E-state index contributed by atoms with van der Waals surface area (Å²) in [5.41, 5.74) is 0.115. The third-order valence-corrected chi connectivity index (χ3v) is 4.00. The Morgan fingerprint density at radius 2 is 2.00 bits per heavy atom. The average Bonchev–Trinajstić information content (AvgIpc) is 2.62. The average molecular weight is 392 g/mol. The van der Waals surface area contributed by atoms with Crippen LogP contribution in [0, 0.1) is 21.4 Å². The first-order chi connectivity index (χ1) is 12.3. The van der Waals surface area contributed by atoms with Gasteiger partial charge in [0.15, 0.2) is 0 Å². The molecule has 0 saturated carbocycles. The van der Waals surface area contributed by atoms with Crippen molar-refractivity contribution < 1.29 is 14.5 Å². The molecule has 0 saturated heterocycles. The molecule has 0 unspecified atom stereocenters. The van der Waals surface area contributed by atoms with E-state index in [2.05, 4.69) is 5.32 Å². The topological polar surface area (TPSA) is 105 Å². The van der Waals surface area contributed by atoms with Crippen molar-refractivity contribution in [2.45, 2.75) is 0 Å². The smallest absolute Gasteiger partial charge is 0.271 e. The minimum Gasteiger partial charge on any atom is -0.495 e. The maximum Gasteiger partial charge on any atom is 0.271 e. The Labute approximate surface area is 158 Å². The van der Waals surface area contributed by atoms with Crippen molar-refractivity contribution in [2.75, 3.05) is 12.4 Å². The molecule has 0 spiro atoms. The van der Waals surface area contributed by atoms with Crippen molar-refractivity contribution in [3.05, 3.63) is 67.7 Å². The summed E-state index contributed by atoms with van der Waals surface area (Å²) in [4.78, 5) is 22.7. The van der Waals surface area contributed by atoms with Crippen LogP contribution in [0.25, 0.3) is 6.08 Å². The zero-order valence-corrected chi connectivity index (χ0v) is 14.8. The van der Waals surface area contributed by atoms with Crippen molar-refractivity contribution in [3.63, 3.8) is 0 Å². The molecule has 0 aromatic heterocycles. The Morgan fingerprint density at radius 3 is 2.58 bits per heavy atom. The number of rotatable bonds is 5. The van der Waals surface area contributed by atoms with Gasteiger partial charge in [0.2, 0.25) is 0 Å². The van der Waals surface area contributed by atoms with Crippen molar-refractivity contribution in [1.29, 1.82) is 5.26 Å². The molecule has 0 aliphatic rings. The van der Waals surface area contributed by atoms with Gasteiger partial charge in [-0.2, -0.15) is 5.26 Å². The molecule has 2 rings (SSSR count). The molecule has 1 amide bonds. The van der Waals surface area contributed by atoms with Crippen LogP contribution >= 0.6 is 23.2 Å². The molecule has 0 fully saturated rings. The van der Waals surface area contributed by atoms with Crippen LogP contribution in [0.4, 0.5) is 11.4 Å². The number of carbonyl (C=O) groups is 1. The summed E-state index contributed by atoms with van der Waals surface area (Å²) in [6.45, 7) is 0. The number of nitro groups is 1. The number of ether oxygens (including phenoxy) is 1. The third-order valence-electron chi connectivity index (χ3n) is 3.26. The molecule has 0 aliphatic carbocycles. The summed E-state index contributed by atoms with van der Waals surface area (Å²) in [5.74, 6) is -0.534. The van der Waals surface area contributed by atoms with Gasteiger partial charge in [0.1, 0.15) is 17.4 Å². The van der Waals surface area contributed by atoms with E-state index in [4.69, 9.17) is 27.9 Å². The number of hydrogen-bond acceptors (Lipinski definition) is 5. The van der Waals surface area contributed by atoms with Crippen molar-refractivity contribution >= 4 is 46.6 Å². The number of amides is 1. The van der Waals surface area contributed by atoms with Crippen LogP contribution in [0.15, 0.2) is 42.0 Å². The second kappa shape index (κ2) is 8.34. The van der Waals surface area contributed by atoms with Gasteiger partial charge in [0, 0.05) is 12.1 Å². The first kappa shape index (κ1) is 19.2. The molecule has 2 aromatic rings. The van der Waals surface area contributed by atoms with Crippen molar-refractivity contribution in [3.8, 4) is 11.8 Å². The van der Waals surface area contributed by atoms with Crippen molar-refractivity contribution in [2.24, 2.45) is 0 Å². The van der Waals surface area contributed by atoms with Gasteiger partial charge in [-0.1, -0.05) is 29.3 Å². The zero-order chi connectivity index (χ0) is 19.3. The Hall–Kier alpha value is -3.08. The lowest BCUT2D eigenvalue weighted by Gasteiger charge is -2.09. The Morgan fingerprint density at radius 1 is 1.27 bits per heavy atom. The number of benzene rings is 2. The maximum atomic E-state index is 12.4. The van der Waals surface area contributed by atoms with Crippen LogP contribution < -0.4 is 10.1 Å². The van der Waals surface area contributed by atoms with E-state index in [1.54, 1.807) is 12.1 Å². The minimum absolute atomic E-state index is 0.0713. The highest BCUT2D eigenvalue weighted by molar-refractivity contribution is 6.42. The molecule has 7 nitrogen and oxygen atoms in total. The van der Waals surface area contributed by atoms with E-state index < -0.39 is 10.8 Å². The molecular weight excluding hydrogens is 381 g/mol. The summed E-state index contributed by atoms with van der Waals surface area (Å²) in [5, 5.41) is 23.2. The number of nitro benzene ring substituents is 1. The minimum atomic E-state index is -0.752. The highest BCUT2D eigenvalue weighted by Crippen LogP contribution is 2.29. The number of methoxy groups -OCH3 is 1. The van der Waals surface area contributed by atoms with Gasteiger partial charge in [-0.25, -0.2) is 0 Å². The third kappa shape index (κ3) is 4.51. The van der Waals surface area contributed by atoms with E-state index in [0.29, 0.717) is 10.6 Å². The van der Waals surface area contributed by atoms with E-state index in [1.807, 2.05) is 0 Å². The van der Waals surface area contributed by atoms with E-state index in [9.17, 15) is 20.2 Å². The van der Waals surface area contributed by atoms with Crippen LogP contribution in [-0.2, 0) is 4.79 Å². The van der Waals surface area contributed by atoms with Crippen LogP contribution in [0.5, 0.6) is 5.75 Å².